The van der Waals surface area contributed by atoms with Crippen molar-refractivity contribution in [3.8, 4) is 0 Å². The first-order valence-corrected chi connectivity index (χ1v) is 5.42. The number of nitrogens with zero attached hydrogens (tertiary/aromatic N) is 2. The molecule has 1 aliphatic rings. The number of hydrogen-bond donors (Lipinski definition) is 1. The van der Waals surface area contributed by atoms with Gasteiger partial charge in [-0.2, -0.15) is 0 Å². The van der Waals surface area contributed by atoms with Crippen molar-refractivity contribution in [3.63, 3.8) is 0 Å². The fraction of sp³-hybridized carbons (Fsp3) is 0.364. The second-order valence-corrected chi connectivity index (χ2v) is 4.15. The van der Waals surface area contributed by atoms with Crippen molar-refractivity contribution in [2.45, 2.75) is 6.04 Å². The fourth-order valence-electron chi connectivity index (χ4n) is 1.74. The molecule has 1 fully saturated rings. The largest absolute Gasteiger partial charge is 0.336 e. The molecular formula is C11H12FN3O3. The molecule has 96 valence electrons. The number of carbonyl (C=O) groups is 1. The Kier molecular flexibility index (Phi) is 3.24. The second kappa shape index (κ2) is 4.69. The van der Waals surface area contributed by atoms with Crippen LogP contribution in [0.5, 0.6) is 0 Å². The summed E-state index contributed by atoms with van der Waals surface area (Å²) in [5, 5.41) is 13.8. The molecule has 1 aromatic rings. The van der Waals surface area contributed by atoms with E-state index in [1.165, 1.54) is 4.90 Å². The number of nitro groups is 1. The molecule has 0 saturated carbocycles. The van der Waals surface area contributed by atoms with E-state index in [-0.39, 0.29) is 11.6 Å². The van der Waals surface area contributed by atoms with Gasteiger partial charge in [-0.25, -0.2) is 4.39 Å². The normalized spacial score (nSPS) is 15.0. The molecule has 0 bridgehead atoms. The van der Waals surface area contributed by atoms with Gasteiger partial charge >= 0.3 is 0 Å². The van der Waals surface area contributed by atoms with E-state index >= 15 is 0 Å². The Labute approximate surface area is 103 Å². The van der Waals surface area contributed by atoms with Crippen LogP contribution in [-0.4, -0.2) is 41.9 Å². The maximum absolute atomic E-state index is 13.0. The maximum atomic E-state index is 13.0. The molecule has 18 heavy (non-hydrogen) atoms. The molecule has 7 heteroatoms. The van der Waals surface area contributed by atoms with Crippen molar-refractivity contribution in [2.24, 2.45) is 0 Å². The zero-order chi connectivity index (χ0) is 13.3. The van der Waals surface area contributed by atoms with Crippen molar-refractivity contribution in [1.29, 1.82) is 0 Å². The van der Waals surface area contributed by atoms with Crippen LogP contribution in [0.1, 0.15) is 10.4 Å². The van der Waals surface area contributed by atoms with Crippen LogP contribution in [0, 0.1) is 15.9 Å². The lowest BCUT2D eigenvalue weighted by Crippen LogP contribution is -2.57. The van der Waals surface area contributed by atoms with Gasteiger partial charge in [0.15, 0.2) is 0 Å². The number of halogens is 1. The van der Waals surface area contributed by atoms with Crippen LogP contribution >= 0.6 is 0 Å². The molecule has 0 aliphatic carbocycles. The van der Waals surface area contributed by atoms with Crippen molar-refractivity contribution in [1.82, 2.24) is 10.2 Å². The van der Waals surface area contributed by atoms with Gasteiger partial charge in [-0.3, -0.25) is 14.9 Å². The van der Waals surface area contributed by atoms with Gasteiger partial charge in [0.2, 0.25) is 0 Å². The standard InChI is InChI=1S/C11H12FN3O3/c1-14(8-5-13-6-8)11(16)9-3-2-7(12)4-10(9)15(17)18/h2-4,8,13H,5-6H2,1H3. The van der Waals surface area contributed by atoms with Gasteiger partial charge in [0.25, 0.3) is 11.6 Å². The minimum Gasteiger partial charge on any atom is -0.336 e. The Morgan fingerprint density at radius 3 is 2.72 bits per heavy atom. The Balaban J connectivity index is 2.31. The third kappa shape index (κ3) is 2.17. The molecule has 1 saturated heterocycles. The Bertz CT molecular complexity index is 502. The molecule has 2 rings (SSSR count). The minimum atomic E-state index is -0.747. The Morgan fingerprint density at radius 1 is 1.56 bits per heavy atom. The SMILES string of the molecule is CN(C(=O)c1ccc(F)cc1[N+](=O)[O-])C1CNC1. The first-order chi connectivity index (χ1) is 8.50. The highest BCUT2D eigenvalue weighted by molar-refractivity contribution is 5.98. The minimum absolute atomic E-state index is 0.0298. The van der Waals surface area contributed by atoms with Gasteiger partial charge in [-0.1, -0.05) is 0 Å². The summed E-state index contributed by atoms with van der Waals surface area (Å²) in [6.45, 7) is 1.33. The van der Waals surface area contributed by atoms with Crippen LogP contribution in [0.3, 0.4) is 0 Å². The number of amides is 1. The van der Waals surface area contributed by atoms with E-state index in [0.29, 0.717) is 13.1 Å². The van der Waals surface area contributed by atoms with Crippen molar-refractivity contribution in [3.05, 3.63) is 39.7 Å². The molecule has 1 aliphatic heterocycles. The highest BCUT2D eigenvalue weighted by Crippen LogP contribution is 2.22. The summed E-state index contributed by atoms with van der Waals surface area (Å²) >= 11 is 0. The van der Waals surface area contributed by atoms with Gasteiger partial charge in [-0.05, 0) is 12.1 Å². The van der Waals surface area contributed by atoms with E-state index in [0.717, 1.165) is 18.2 Å². The summed E-state index contributed by atoms with van der Waals surface area (Å²) in [7, 11) is 1.58. The molecule has 0 unspecified atom stereocenters. The van der Waals surface area contributed by atoms with E-state index < -0.39 is 22.3 Å². The monoisotopic (exact) mass is 253 g/mol. The molecular weight excluding hydrogens is 241 g/mol. The highest BCUT2D eigenvalue weighted by atomic mass is 19.1. The number of hydrogen-bond acceptors (Lipinski definition) is 4. The Hall–Kier alpha value is -2.02. The fourth-order valence-corrected chi connectivity index (χ4v) is 1.74. The lowest BCUT2D eigenvalue weighted by Gasteiger charge is -2.35. The molecule has 1 heterocycles. The zero-order valence-electron chi connectivity index (χ0n) is 9.72. The summed E-state index contributed by atoms with van der Waals surface area (Å²) in [6.07, 6.45) is 0. The first-order valence-electron chi connectivity index (χ1n) is 5.42. The maximum Gasteiger partial charge on any atom is 0.285 e. The van der Waals surface area contributed by atoms with Crippen molar-refractivity contribution >= 4 is 11.6 Å². The third-order valence-corrected chi connectivity index (χ3v) is 3.01. The third-order valence-electron chi connectivity index (χ3n) is 3.01. The van der Waals surface area contributed by atoms with E-state index in [9.17, 15) is 19.3 Å². The van der Waals surface area contributed by atoms with E-state index in [1.807, 2.05) is 0 Å². The van der Waals surface area contributed by atoms with E-state index in [4.69, 9.17) is 0 Å². The number of carbonyl (C=O) groups excluding carboxylic acids is 1. The number of benzene rings is 1. The van der Waals surface area contributed by atoms with E-state index in [1.54, 1.807) is 7.05 Å². The average Bonchev–Trinajstić information content (AvgIpc) is 2.25. The van der Waals surface area contributed by atoms with Gasteiger partial charge < -0.3 is 10.2 Å². The molecule has 1 N–H and O–H groups in total. The zero-order valence-corrected chi connectivity index (χ0v) is 9.72. The molecule has 0 aromatic heterocycles. The number of likely N-dealkylation sites (N-methyl/N-ethyl adjacent to an activating group) is 1. The van der Waals surface area contributed by atoms with Crippen LogP contribution in [-0.2, 0) is 0 Å². The van der Waals surface area contributed by atoms with Crippen LogP contribution in [0.4, 0.5) is 10.1 Å². The summed E-state index contributed by atoms with van der Waals surface area (Å²) in [5.74, 6) is -1.19. The van der Waals surface area contributed by atoms with E-state index in [2.05, 4.69) is 5.32 Å². The average molecular weight is 253 g/mol. The van der Waals surface area contributed by atoms with Crippen LogP contribution in [0.25, 0.3) is 0 Å². The highest BCUT2D eigenvalue weighted by Gasteiger charge is 2.30. The van der Waals surface area contributed by atoms with Crippen molar-refractivity contribution < 1.29 is 14.1 Å². The number of rotatable bonds is 3. The number of nitrogens with one attached hydrogen (secondary N) is 1. The second-order valence-electron chi connectivity index (χ2n) is 4.15. The first kappa shape index (κ1) is 12.4. The summed E-state index contributed by atoms with van der Waals surface area (Å²) in [6, 6.07) is 2.99. The summed E-state index contributed by atoms with van der Waals surface area (Å²) < 4.78 is 13.0. The molecule has 0 radical (unpaired) electrons. The molecule has 1 aromatic carbocycles. The predicted octanol–water partition coefficient (Wildman–Crippen LogP) is 0.778. The van der Waals surface area contributed by atoms with Gasteiger partial charge in [-0.15, -0.1) is 0 Å². The van der Waals surface area contributed by atoms with Gasteiger partial charge in [0.1, 0.15) is 11.4 Å². The lowest BCUT2D eigenvalue weighted by atomic mass is 10.1. The molecule has 1 amide bonds. The van der Waals surface area contributed by atoms with Crippen LogP contribution in [0.15, 0.2) is 18.2 Å². The quantitative estimate of drug-likeness (QED) is 0.638. The molecule has 6 nitrogen and oxygen atoms in total. The van der Waals surface area contributed by atoms with Gasteiger partial charge in [0, 0.05) is 20.1 Å². The smallest absolute Gasteiger partial charge is 0.285 e. The van der Waals surface area contributed by atoms with Crippen LogP contribution < -0.4 is 5.32 Å². The molecule has 0 spiro atoms. The topological polar surface area (TPSA) is 75.5 Å². The molecule has 0 atom stereocenters. The summed E-state index contributed by atoms with van der Waals surface area (Å²) in [5.41, 5.74) is -0.588. The summed E-state index contributed by atoms with van der Waals surface area (Å²) in [4.78, 5) is 23.6. The van der Waals surface area contributed by atoms with Gasteiger partial charge in [0.05, 0.1) is 17.0 Å². The lowest BCUT2D eigenvalue weighted by molar-refractivity contribution is -0.385. The Morgan fingerprint density at radius 2 is 2.22 bits per heavy atom. The number of nitro benzene ring substituents is 1. The van der Waals surface area contributed by atoms with Crippen LogP contribution in [0.2, 0.25) is 0 Å². The predicted molar refractivity (Wildman–Crippen MR) is 61.8 cm³/mol. The van der Waals surface area contributed by atoms with Crippen molar-refractivity contribution in [2.75, 3.05) is 20.1 Å².